The van der Waals surface area contributed by atoms with Crippen molar-refractivity contribution >= 4 is 0 Å². The molecule has 8 heavy (non-hydrogen) atoms. The van der Waals surface area contributed by atoms with E-state index in [2.05, 4.69) is 0 Å². The Bertz CT molecular complexity index is 116. The third-order valence-electron chi connectivity index (χ3n) is 0.791. The van der Waals surface area contributed by atoms with Crippen molar-refractivity contribution in [3.8, 4) is 0 Å². The predicted molar refractivity (Wildman–Crippen MR) is 34.3 cm³/mol. The fraction of sp³-hybridized carbons (Fsp3) is 0.429. The summed E-state index contributed by atoms with van der Waals surface area (Å²) in [7, 11) is 0. The van der Waals surface area contributed by atoms with E-state index in [0.29, 0.717) is 0 Å². The Morgan fingerprint density at radius 2 is 1.88 bits per heavy atom. The van der Waals surface area contributed by atoms with Crippen LogP contribution in [0.1, 0.15) is 20.8 Å². The van der Waals surface area contributed by atoms with E-state index in [1.807, 2.05) is 0 Å². The van der Waals surface area contributed by atoms with Gasteiger partial charge < -0.3 is 0 Å². The van der Waals surface area contributed by atoms with Crippen LogP contribution in [-0.2, 0) is 0 Å². The van der Waals surface area contributed by atoms with Crippen molar-refractivity contribution in [2.75, 3.05) is 0 Å². The molecule has 0 saturated heterocycles. The lowest BCUT2D eigenvalue weighted by atomic mass is 10.3. The van der Waals surface area contributed by atoms with Crippen LogP contribution in [0.2, 0.25) is 0 Å². The molecule has 0 aromatic rings. The molecule has 0 saturated carbocycles. The van der Waals surface area contributed by atoms with E-state index >= 15 is 0 Å². The zero-order chi connectivity index (χ0) is 6.57. The first-order valence-electron chi connectivity index (χ1n) is 2.64. The van der Waals surface area contributed by atoms with Gasteiger partial charge in [0.1, 0.15) is 5.83 Å². The van der Waals surface area contributed by atoms with Gasteiger partial charge in [-0.05, 0) is 32.4 Å². The van der Waals surface area contributed by atoms with E-state index in [-0.39, 0.29) is 5.83 Å². The van der Waals surface area contributed by atoms with Gasteiger partial charge in [0.2, 0.25) is 0 Å². The average Bonchev–Trinajstić information content (AvgIpc) is 1.67. The Morgan fingerprint density at radius 3 is 2.00 bits per heavy atom. The fourth-order valence-corrected chi connectivity index (χ4v) is 0.313. The molecule has 0 spiro atoms. The molecular weight excluding hydrogens is 103 g/mol. The van der Waals surface area contributed by atoms with Crippen LogP contribution in [0.3, 0.4) is 0 Å². The van der Waals surface area contributed by atoms with Crippen LogP contribution < -0.4 is 0 Å². The summed E-state index contributed by atoms with van der Waals surface area (Å²) in [5.41, 5.74) is 0.725. The largest absolute Gasteiger partial charge is 0.207 e. The number of rotatable bonds is 1. The number of hydrogen-bond donors (Lipinski definition) is 0. The second kappa shape index (κ2) is 3.42. The first-order chi connectivity index (χ1) is 3.68. The minimum Gasteiger partial charge on any atom is -0.207 e. The summed E-state index contributed by atoms with van der Waals surface area (Å²) < 4.78 is 12.3. The molecule has 0 fully saturated rings. The lowest BCUT2D eigenvalue weighted by molar-refractivity contribution is 0.654. The topological polar surface area (TPSA) is 0 Å². The average molecular weight is 114 g/mol. The molecule has 0 aromatic heterocycles. The standard InChI is InChI=1S/C7H11F/c1-4-5-7(8)6(2)3/h4-5H,1-3H3/b5-4+. The van der Waals surface area contributed by atoms with Crippen molar-refractivity contribution < 1.29 is 4.39 Å². The number of hydrogen-bond acceptors (Lipinski definition) is 0. The Labute approximate surface area is 49.7 Å². The summed E-state index contributed by atoms with van der Waals surface area (Å²) in [6, 6.07) is 0. The molecule has 0 rings (SSSR count). The second-order valence-corrected chi connectivity index (χ2v) is 1.85. The molecule has 0 N–H and O–H groups in total. The Hall–Kier alpha value is -0.590. The lowest BCUT2D eigenvalue weighted by Gasteiger charge is -1.87. The molecule has 0 nitrogen and oxygen atoms in total. The molecule has 1 heteroatoms. The minimum atomic E-state index is -0.132. The molecule has 0 aliphatic carbocycles. The van der Waals surface area contributed by atoms with Gasteiger partial charge in [0.15, 0.2) is 0 Å². The maximum absolute atomic E-state index is 12.3. The highest BCUT2D eigenvalue weighted by Gasteiger charge is 1.86. The number of allylic oxidation sites excluding steroid dienone is 4. The predicted octanol–water partition coefficient (Wildman–Crippen LogP) is 2.83. The Balaban J connectivity index is 4.00. The van der Waals surface area contributed by atoms with Gasteiger partial charge in [-0.2, -0.15) is 0 Å². The van der Waals surface area contributed by atoms with Crippen LogP contribution in [0.15, 0.2) is 23.6 Å². The van der Waals surface area contributed by atoms with Crippen molar-refractivity contribution in [3.05, 3.63) is 23.6 Å². The van der Waals surface area contributed by atoms with Gasteiger partial charge >= 0.3 is 0 Å². The Morgan fingerprint density at radius 1 is 1.38 bits per heavy atom. The molecule has 0 atom stereocenters. The van der Waals surface area contributed by atoms with Crippen LogP contribution in [0, 0.1) is 0 Å². The molecule has 46 valence electrons. The highest BCUT2D eigenvalue weighted by Crippen LogP contribution is 2.04. The van der Waals surface area contributed by atoms with Gasteiger partial charge in [0, 0.05) is 0 Å². The van der Waals surface area contributed by atoms with Gasteiger partial charge in [-0.25, -0.2) is 4.39 Å². The minimum absolute atomic E-state index is 0.132. The van der Waals surface area contributed by atoms with Crippen molar-refractivity contribution in [1.82, 2.24) is 0 Å². The first-order valence-corrected chi connectivity index (χ1v) is 2.64. The lowest BCUT2D eigenvalue weighted by Crippen LogP contribution is -1.68. The van der Waals surface area contributed by atoms with E-state index in [1.54, 1.807) is 26.8 Å². The van der Waals surface area contributed by atoms with Crippen molar-refractivity contribution in [1.29, 1.82) is 0 Å². The maximum Gasteiger partial charge on any atom is 0.121 e. The highest BCUT2D eigenvalue weighted by molar-refractivity contribution is 5.15. The summed E-state index contributed by atoms with van der Waals surface area (Å²) in [4.78, 5) is 0. The highest BCUT2D eigenvalue weighted by atomic mass is 19.1. The summed E-state index contributed by atoms with van der Waals surface area (Å²) in [6.07, 6.45) is 3.14. The summed E-state index contributed by atoms with van der Waals surface area (Å²) in [6.45, 7) is 5.28. The van der Waals surface area contributed by atoms with Gasteiger partial charge in [0.25, 0.3) is 0 Å². The van der Waals surface area contributed by atoms with Crippen LogP contribution in [0.5, 0.6) is 0 Å². The zero-order valence-electron chi connectivity index (χ0n) is 5.53. The molecular formula is C7H11F. The van der Waals surface area contributed by atoms with Gasteiger partial charge in [-0.15, -0.1) is 0 Å². The van der Waals surface area contributed by atoms with Gasteiger partial charge in [-0.1, -0.05) is 6.08 Å². The monoisotopic (exact) mass is 114 g/mol. The zero-order valence-corrected chi connectivity index (χ0v) is 5.53. The molecule has 0 aliphatic heterocycles. The quantitative estimate of drug-likeness (QED) is 0.460. The Kier molecular flexibility index (Phi) is 3.16. The molecule has 0 heterocycles. The van der Waals surface area contributed by atoms with Crippen molar-refractivity contribution in [2.24, 2.45) is 0 Å². The summed E-state index contributed by atoms with van der Waals surface area (Å²) >= 11 is 0. The molecule has 0 aromatic carbocycles. The molecule has 0 unspecified atom stereocenters. The fourth-order valence-electron chi connectivity index (χ4n) is 0.313. The van der Waals surface area contributed by atoms with Crippen LogP contribution in [-0.4, -0.2) is 0 Å². The van der Waals surface area contributed by atoms with E-state index in [1.165, 1.54) is 6.08 Å². The van der Waals surface area contributed by atoms with Crippen molar-refractivity contribution in [3.63, 3.8) is 0 Å². The molecule has 0 aliphatic rings. The van der Waals surface area contributed by atoms with E-state index in [0.717, 1.165) is 5.57 Å². The number of halogens is 1. The van der Waals surface area contributed by atoms with E-state index in [4.69, 9.17) is 0 Å². The summed E-state index contributed by atoms with van der Waals surface area (Å²) in [5, 5.41) is 0. The van der Waals surface area contributed by atoms with E-state index in [9.17, 15) is 4.39 Å². The van der Waals surface area contributed by atoms with Crippen LogP contribution in [0.4, 0.5) is 4.39 Å². The maximum atomic E-state index is 12.3. The van der Waals surface area contributed by atoms with Crippen LogP contribution in [0.25, 0.3) is 0 Å². The molecule has 0 bridgehead atoms. The smallest absolute Gasteiger partial charge is 0.121 e. The third-order valence-corrected chi connectivity index (χ3v) is 0.791. The third kappa shape index (κ3) is 2.56. The first kappa shape index (κ1) is 7.41. The molecule has 0 radical (unpaired) electrons. The van der Waals surface area contributed by atoms with Crippen molar-refractivity contribution in [2.45, 2.75) is 20.8 Å². The van der Waals surface area contributed by atoms with E-state index < -0.39 is 0 Å². The normalized spacial score (nSPS) is 10.0. The molecule has 0 amide bonds. The second-order valence-electron chi connectivity index (χ2n) is 1.85. The SMILES string of the molecule is C/C=C/C(F)=C(C)C. The summed E-state index contributed by atoms with van der Waals surface area (Å²) in [5.74, 6) is -0.132. The van der Waals surface area contributed by atoms with Crippen LogP contribution >= 0.6 is 0 Å². The van der Waals surface area contributed by atoms with Gasteiger partial charge in [-0.3, -0.25) is 0 Å². The van der Waals surface area contributed by atoms with Gasteiger partial charge in [0.05, 0.1) is 0 Å².